The number of para-hydroxylation sites is 2. The smallest absolute Gasteiger partial charge is 0.282 e. The van der Waals surface area contributed by atoms with E-state index in [1.807, 2.05) is 0 Å². The highest BCUT2D eigenvalue weighted by Crippen LogP contribution is 2.38. The van der Waals surface area contributed by atoms with Crippen molar-refractivity contribution in [3.63, 3.8) is 0 Å². The van der Waals surface area contributed by atoms with Crippen LogP contribution in [0.1, 0.15) is 5.56 Å². The topological polar surface area (TPSA) is 113 Å². The van der Waals surface area contributed by atoms with E-state index in [1.165, 1.54) is 36.3 Å². The Morgan fingerprint density at radius 1 is 1.10 bits per heavy atom. The Hall–Kier alpha value is -3.72. The summed E-state index contributed by atoms with van der Waals surface area (Å²) < 4.78 is 5.29. The zero-order valence-electron chi connectivity index (χ0n) is 15.9. The molecule has 2 aromatic carbocycles. The maximum absolute atomic E-state index is 13.3. The van der Waals surface area contributed by atoms with Crippen LogP contribution in [-0.2, 0) is 9.59 Å². The average molecular weight is 397 g/mol. The van der Waals surface area contributed by atoms with Crippen LogP contribution in [0, 0.1) is 10.1 Å². The molecule has 2 amide bonds. The monoisotopic (exact) mass is 397 g/mol. The van der Waals surface area contributed by atoms with Gasteiger partial charge < -0.3 is 14.7 Å². The van der Waals surface area contributed by atoms with Crippen LogP contribution in [0.4, 0.5) is 11.4 Å². The molecule has 150 valence electrons. The standard InChI is InChI=1S/C20H19N3O6/c1-21(11-12-24)18-17(13-7-9-14(10-8-13)23(27)28)19(25)22(20(18)26)15-5-3-4-6-16(15)29-2/h3-10,24H,11-12H2,1-2H3. The Morgan fingerprint density at radius 3 is 2.34 bits per heavy atom. The molecule has 1 heterocycles. The Balaban J connectivity index is 2.14. The van der Waals surface area contributed by atoms with Gasteiger partial charge in [0.05, 0.1) is 29.9 Å². The first-order valence-electron chi connectivity index (χ1n) is 8.73. The van der Waals surface area contributed by atoms with E-state index >= 15 is 0 Å². The van der Waals surface area contributed by atoms with Gasteiger partial charge >= 0.3 is 0 Å². The van der Waals surface area contributed by atoms with Crippen molar-refractivity contribution in [1.29, 1.82) is 0 Å². The van der Waals surface area contributed by atoms with Crippen molar-refractivity contribution in [2.45, 2.75) is 0 Å². The molecular formula is C20H19N3O6. The lowest BCUT2D eigenvalue weighted by molar-refractivity contribution is -0.384. The average Bonchev–Trinajstić information content (AvgIpc) is 2.98. The molecule has 0 fully saturated rings. The maximum atomic E-state index is 13.3. The van der Waals surface area contributed by atoms with Gasteiger partial charge in [-0.25, -0.2) is 4.90 Å². The molecule has 0 atom stereocenters. The number of non-ortho nitro benzene ring substituents is 1. The molecule has 0 spiro atoms. The predicted molar refractivity (Wildman–Crippen MR) is 105 cm³/mol. The molecule has 29 heavy (non-hydrogen) atoms. The van der Waals surface area contributed by atoms with Crippen LogP contribution in [0.3, 0.4) is 0 Å². The number of benzene rings is 2. The van der Waals surface area contributed by atoms with Crippen LogP contribution in [-0.4, -0.2) is 54.1 Å². The number of ether oxygens (including phenoxy) is 1. The molecule has 9 heteroatoms. The van der Waals surface area contributed by atoms with Crippen molar-refractivity contribution < 1.29 is 24.4 Å². The van der Waals surface area contributed by atoms with Gasteiger partial charge in [-0.05, 0) is 29.8 Å². The van der Waals surface area contributed by atoms with Crippen molar-refractivity contribution in [3.8, 4) is 5.75 Å². The van der Waals surface area contributed by atoms with Gasteiger partial charge in [0.15, 0.2) is 0 Å². The highest BCUT2D eigenvalue weighted by atomic mass is 16.6. The zero-order chi connectivity index (χ0) is 21.1. The highest BCUT2D eigenvalue weighted by Gasteiger charge is 2.42. The number of methoxy groups -OCH3 is 1. The third kappa shape index (κ3) is 3.55. The summed E-state index contributed by atoms with van der Waals surface area (Å²) >= 11 is 0. The third-order valence-electron chi connectivity index (χ3n) is 4.57. The summed E-state index contributed by atoms with van der Waals surface area (Å²) in [5, 5.41) is 20.2. The second-order valence-corrected chi connectivity index (χ2v) is 6.29. The maximum Gasteiger partial charge on any atom is 0.282 e. The molecule has 0 aliphatic carbocycles. The number of hydrogen-bond donors (Lipinski definition) is 1. The second-order valence-electron chi connectivity index (χ2n) is 6.29. The normalized spacial score (nSPS) is 13.8. The first-order valence-corrected chi connectivity index (χ1v) is 8.73. The molecule has 9 nitrogen and oxygen atoms in total. The summed E-state index contributed by atoms with van der Waals surface area (Å²) in [5.74, 6) is -0.791. The molecule has 0 saturated heterocycles. The number of aliphatic hydroxyl groups is 1. The minimum absolute atomic E-state index is 0.101. The first kappa shape index (κ1) is 20.0. The Bertz CT molecular complexity index is 1000. The van der Waals surface area contributed by atoms with Crippen LogP contribution < -0.4 is 9.64 Å². The van der Waals surface area contributed by atoms with E-state index < -0.39 is 16.7 Å². The second kappa shape index (κ2) is 8.11. The SMILES string of the molecule is COc1ccccc1N1C(=O)C(c2ccc([N+](=O)[O-])cc2)=C(N(C)CCO)C1=O. The minimum atomic E-state index is -0.576. The third-order valence-corrected chi connectivity index (χ3v) is 4.57. The molecule has 0 unspecified atom stereocenters. The van der Waals surface area contributed by atoms with Gasteiger partial charge in [-0.15, -0.1) is 0 Å². The lowest BCUT2D eigenvalue weighted by atomic mass is 10.0. The number of nitro benzene ring substituents is 1. The van der Waals surface area contributed by atoms with E-state index in [0.717, 1.165) is 4.90 Å². The number of rotatable bonds is 7. The predicted octanol–water partition coefficient (Wildman–Crippen LogP) is 1.81. The van der Waals surface area contributed by atoms with E-state index in [4.69, 9.17) is 4.74 Å². The fourth-order valence-corrected chi connectivity index (χ4v) is 3.18. The first-order chi connectivity index (χ1) is 13.9. The number of carbonyl (C=O) groups excluding carboxylic acids is 2. The number of aliphatic hydroxyl groups excluding tert-OH is 1. The summed E-state index contributed by atoms with van der Waals surface area (Å²) in [5.41, 5.74) is 0.733. The van der Waals surface area contributed by atoms with Crippen LogP contribution in [0.2, 0.25) is 0 Å². The number of likely N-dealkylation sites (N-methyl/N-ethyl adjacent to an activating group) is 1. The Labute approximate surface area is 166 Å². The number of anilines is 1. The fourth-order valence-electron chi connectivity index (χ4n) is 3.18. The minimum Gasteiger partial charge on any atom is -0.495 e. The lowest BCUT2D eigenvalue weighted by Crippen LogP contribution is -2.35. The summed E-state index contributed by atoms with van der Waals surface area (Å²) in [6.45, 7) is -0.0890. The zero-order valence-corrected chi connectivity index (χ0v) is 15.9. The van der Waals surface area contributed by atoms with Gasteiger partial charge in [0.2, 0.25) is 0 Å². The van der Waals surface area contributed by atoms with Gasteiger partial charge in [-0.2, -0.15) is 0 Å². The summed E-state index contributed by atoms with van der Waals surface area (Å²) in [7, 11) is 3.03. The number of hydrogen-bond acceptors (Lipinski definition) is 7. The molecule has 1 aliphatic rings. The lowest BCUT2D eigenvalue weighted by Gasteiger charge is -2.21. The van der Waals surface area contributed by atoms with E-state index in [-0.39, 0.29) is 35.8 Å². The molecule has 1 N–H and O–H groups in total. The quantitative estimate of drug-likeness (QED) is 0.431. The van der Waals surface area contributed by atoms with Gasteiger partial charge in [-0.3, -0.25) is 19.7 Å². The summed E-state index contributed by atoms with van der Waals surface area (Å²) in [6, 6.07) is 12.0. The van der Waals surface area contributed by atoms with Crippen molar-refractivity contribution in [2.24, 2.45) is 0 Å². The molecule has 0 saturated carbocycles. The molecule has 2 aromatic rings. The number of nitro groups is 1. The molecule has 1 aliphatic heterocycles. The summed E-state index contributed by atoms with van der Waals surface area (Å²) in [6.07, 6.45) is 0. The molecular weight excluding hydrogens is 378 g/mol. The van der Waals surface area contributed by atoms with Crippen LogP contribution in [0.25, 0.3) is 5.57 Å². The largest absolute Gasteiger partial charge is 0.495 e. The van der Waals surface area contributed by atoms with Crippen LogP contribution >= 0.6 is 0 Å². The number of amides is 2. The van der Waals surface area contributed by atoms with Gasteiger partial charge in [0.25, 0.3) is 17.5 Å². The van der Waals surface area contributed by atoms with Crippen molar-refractivity contribution >= 4 is 28.8 Å². The molecule has 3 rings (SSSR count). The van der Waals surface area contributed by atoms with Crippen molar-refractivity contribution in [1.82, 2.24) is 4.90 Å². The van der Waals surface area contributed by atoms with Gasteiger partial charge in [0.1, 0.15) is 11.4 Å². The number of carbonyl (C=O) groups is 2. The van der Waals surface area contributed by atoms with Gasteiger partial charge in [0, 0.05) is 25.7 Å². The number of imide groups is 1. The van der Waals surface area contributed by atoms with Crippen LogP contribution in [0.5, 0.6) is 5.75 Å². The highest BCUT2D eigenvalue weighted by molar-refractivity contribution is 6.45. The van der Waals surface area contributed by atoms with Crippen molar-refractivity contribution in [2.75, 3.05) is 32.2 Å². The van der Waals surface area contributed by atoms with Crippen molar-refractivity contribution in [3.05, 3.63) is 69.9 Å². The molecule has 0 aromatic heterocycles. The Morgan fingerprint density at radius 2 is 1.76 bits per heavy atom. The van der Waals surface area contributed by atoms with E-state index in [0.29, 0.717) is 11.3 Å². The van der Waals surface area contributed by atoms with Gasteiger partial charge in [-0.1, -0.05) is 12.1 Å². The molecule has 0 bridgehead atoms. The van der Waals surface area contributed by atoms with Crippen LogP contribution in [0.15, 0.2) is 54.2 Å². The van der Waals surface area contributed by atoms with E-state index in [1.54, 1.807) is 31.3 Å². The fraction of sp³-hybridized carbons (Fsp3) is 0.200. The van der Waals surface area contributed by atoms with E-state index in [9.17, 15) is 24.8 Å². The molecule has 0 radical (unpaired) electrons. The number of nitrogens with zero attached hydrogens (tertiary/aromatic N) is 3. The van der Waals surface area contributed by atoms with E-state index in [2.05, 4.69) is 0 Å². The summed E-state index contributed by atoms with van der Waals surface area (Å²) in [4.78, 5) is 39.4. The Kier molecular flexibility index (Phi) is 5.60.